The molecule has 0 amide bonds. The van der Waals surface area contributed by atoms with Gasteiger partial charge in [0.15, 0.2) is 12.2 Å². The highest BCUT2D eigenvalue weighted by Gasteiger charge is 2.30. The van der Waals surface area contributed by atoms with Crippen molar-refractivity contribution in [2.45, 2.75) is 388 Å². The second kappa shape index (κ2) is 63.5. The fraction of sp³-hybridized carbons (Fsp3) is 0.946. The summed E-state index contributed by atoms with van der Waals surface area (Å²) in [4.78, 5) is 72.7. The maximum atomic E-state index is 13.1. The van der Waals surface area contributed by atoms with Crippen LogP contribution in [-0.4, -0.2) is 96.7 Å². The first-order valence-electron chi connectivity index (χ1n) is 38.2. The number of aliphatic hydroxyl groups is 1. The number of hydrogen-bond acceptors (Lipinski definition) is 15. The van der Waals surface area contributed by atoms with Crippen LogP contribution in [0.3, 0.4) is 0 Å². The second-order valence-electron chi connectivity index (χ2n) is 28.4. The van der Waals surface area contributed by atoms with Gasteiger partial charge in [-0.1, -0.05) is 319 Å². The van der Waals surface area contributed by atoms with E-state index in [1.165, 1.54) is 167 Å². The van der Waals surface area contributed by atoms with Gasteiger partial charge in [-0.25, -0.2) is 9.13 Å². The molecule has 3 unspecified atom stereocenters. The molecule has 0 aromatic carbocycles. The van der Waals surface area contributed by atoms with E-state index in [9.17, 15) is 43.2 Å². The van der Waals surface area contributed by atoms with Gasteiger partial charge in [-0.2, -0.15) is 0 Å². The fourth-order valence-corrected chi connectivity index (χ4v) is 12.7. The van der Waals surface area contributed by atoms with Crippen LogP contribution in [0.2, 0.25) is 0 Å². The molecule has 0 aromatic rings. The zero-order valence-electron chi connectivity index (χ0n) is 60.9. The van der Waals surface area contributed by atoms with Crippen LogP contribution in [0.4, 0.5) is 0 Å². The summed E-state index contributed by atoms with van der Waals surface area (Å²) < 4.78 is 68.4. The van der Waals surface area contributed by atoms with Crippen molar-refractivity contribution in [1.82, 2.24) is 0 Å². The van der Waals surface area contributed by atoms with E-state index in [1.807, 2.05) is 0 Å². The summed E-state index contributed by atoms with van der Waals surface area (Å²) in [6, 6.07) is 0. The van der Waals surface area contributed by atoms with Gasteiger partial charge in [-0.05, 0) is 49.4 Å². The summed E-state index contributed by atoms with van der Waals surface area (Å²) in [5.41, 5.74) is 0. The second-order valence-corrected chi connectivity index (χ2v) is 31.3. The Labute approximate surface area is 568 Å². The molecule has 0 aromatic heterocycles. The molecule has 0 aliphatic rings. The van der Waals surface area contributed by atoms with Gasteiger partial charge in [-0.15, -0.1) is 0 Å². The number of aliphatic hydroxyl groups excluding tert-OH is 1. The first-order chi connectivity index (χ1) is 44.6. The maximum absolute atomic E-state index is 13.1. The van der Waals surface area contributed by atoms with Gasteiger partial charge in [0.05, 0.1) is 26.4 Å². The van der Waals surface area contributed by atoms with Crippen LogP contribution in [0.25, 0.3) is 0 Å². The number of ether oxygens (including phenoxy) is 4. The van der Waals surface area contributed by atoms with Gasteiger partial charge in [0, 0.05) is 25.7 Å². The number of rotatable bonds is 71. The Morgan fingerprint density at radius 1 is 0.301 bits per heavy atom. The summed E-state index contributed by atoms with van der Waals surface area (Å²) >= 11 is 0. The fourth-order valence-electron chi connectivity index (χ4n) is 11.2. The van der Waals surface area contributed by atoms with Gasteiger partial charge in [-0.3, -0.25) is 37.3 Å². The average molecular weight is 1370 g/mol. The highest BCUT2D eigenvalue weighted by Crippen LogP contribution is 2.45. The van der Waals surface area contributed by atoms with Crippen molar-refractivity contribution in [3.8, 4) is 0 Å². The molecule has 0 saturated heterocycles. The first kappa shape index (κ1) is 91.1. The number of carbonyl (C=O) groups is 4. The highest BCUT2D eigenvalue weighted by atomic mass is 31.2. The number of phosphoric ester groups is 2. The predicted octanol–water partition coefficient (Wildman–Crippen LogP) is 21.3. The number of esters is 4. The molecular formula is C74H144O17P2. The topological polar surface area (TPSA) is 237 Å². The molecule has 19 heteroatoms. The zero-order chi connectivity index (χ0) is 68.9. The Hall–Kier alpha value is -1.94. The molecule has 3 N–H and O–H groups in total. The Bertz CT molecular complexity index is 1840. The van der Waals surface area contributed by atoms with Gasteiger partial charge < -0.3 is 33.8 Å². The summed E-state index contributed by atoms with van der Waals surface area (Å²) in [6.07, 6.45) is 47.2. The van der Waals surface area contributed by atoms with Crippen LogP contribution >= 0.6 is 15.6 Å². The van der Waals surface area contributed by atoms with Crippen LogP contribution in [0.5, 0.6) is 0 Å². The lowest BCUT2D eigenvalue weighted by Crippen LogP contribution is -2.30. The Morgan fingerprint density at radius 2 is 0.516 bits per heavy atom. The van der Waals surface area contributed by atoms with Gasteiger partial charge in [0.2, 0.25) is 0 Å². The van der Waals surface area contributed by atoms with Crippen molar-refractivity contribution >= 4 is 39.5 Å². The Balaban J connectivity index is 5.25. The molecule has 552 valence electrons. The molecule has 0 rings (SSSR count). The van der Waals surface area contributed by atoms with E-state index in [0.717, 1.165) is 120 Å². The van der Waals surface area contributed by atoms with Crippen LogP contribution in [0, 0.1) is 23.7 Å². The lowest BCUT2D eigenvalue weighted by molar-refractivity contribution is -0.161. The van der Waals surface area contributed by atoms with E-state index < -0.39 is 97.5 Å². The molecule has 6 atom stereocenters. The third-order valence-corrected chi connectivity index (χ3v) is 19.3. The van der Waals surface area contributed by atoms with Gasteiger partial charge in [0.1, 0.15) is 19.3 Å². The van der Waals surface area contributed by atoms with E-state index in [1.54, 1.807) is 0 Å². The van der Waals surface area contributed by atoms with E-state index in [0.29, 0.717) is 25.7 Å². The SMILES string of the molecule is CCC(C)CCCCCCCCC(=O)OC[C@H](COP(=O)(O)OC[C@H](O)COP(=O)(O)OC[C@@H](COC(=O)CCCCCCCCCCCCCCC(C)C)OC(=O)CCCCCCCCCCCCCCCCC(C)C)OC(=O)CCCCCCCCCCC(C)C. The molecular weight excluding hydrogens is 1220 g/mol. The van der Waals surface area contributed by atoms with Crippen molar-refractivity contribution in [3.63, 3.8) is 0 Å². The molecule has 0 radical (unpaired) electrons. The van der Waals surface area contributed by atoms with Crippen LogP contribution in [0.15, 0.2) is 0 Å². The largest absolute Gasteiger partial charge is 0.472 e. The summed E-state index contributed by atoms with van der Waals surface area (Å²) in [5.74, 6) is 0.901. The minimum Gasteiger partial charge on any atom is -0.462 e. The molecule has 0 fully saturated rings. The van der Waals surface area contributed by atoms with Crippen molar-refractivity contribution < 1.29 is 80.2 Å². The zero-order valence-corrected chi connectivity index (χ0v) is 62.7. The van der Waals surface area contributed by atoms with Crippen LogP contribution in [-0.2, 0) is 65.4 Å². The lowest BCUT2D eigenvalue weighted by atomic mass is 10.00. The van der Waals surface area contributed by atoms with Gasteiger partial charge >= 0.3 is 39.5 Å². The number of unbranched alkanes of at least 4 members (excludes halogenated alkanes) is 36. The molecule has 0 bridgehead atoms. The highest BCUT2D eigenvalue weighted by molar-refractivity contribution is 7.47. The van der Waals surface area contributed by atoms with Crippen LogP contribution in [0.1, 0.15) is 370 Å². The summed E-state index contributed by atoms with van der Waals surface area (Å²) in [5, 5.41) is 10.6. The van der Waals surface area contributed by atoms with E-state index in [4.69, 9.17) is 37.0 Å². The van der Waals surface area contributed by atoms with Crippen molar-refractivity contribution in [2.24, 2.45) is 23.7 Å². The molecule has 0 heterocycles. The molecule has 0 spiro atoms. The number of phosphoric acid groups is 2. The number of carbonyl (C=O) groups excluding carboxylic acids is 4. The summed E-state index contributed by atoms with van der Waals surface area (Å²) in [7, 11) is -9.91. The number of hydrogen-bond donors (Lipinski definition) is 3. The molecule has 17 nitrogen and oxygen atoms in total. The monoisotopic (exact) mass is 1370 g/mol. The normalized spacial score (nSPS) is 14.5. The smallest absolute Gasteiger partial charge is 0.462 e. The van der Waals surface area contributed by atoms with Crippen LogP contribution < -0.4 is 0 Å². The minimum absolute atomic E-state index is 0.103. The molecule has 0 saturated carbocycles. The summed E-state index contributed by atoms with van der Waals surface area (Å²) in [6.45, 7) is 14.1. The third-order valence-electron chi connectivity index (χ3n) is 17.4. The lowest BCUT2D eigenvalue weighted by Gasteiger charge is -2.21. The van der Waals surface area contributed by atoms with Crippen molar-refractivity contribution in [1.29, 1.82) is 0 Å². The quantitative estimate of drug-likeness (QED) is 0.0222. The Kier molecular flexibility index (Phi) is 62.2. The van der Waals surface area contributed by atoms with E-state index >= 15 is 0 Å². The molecule has 0 aliphatic carbocycles. The third kappa shape index (κ3) is 67.0. The van der Waals surface area contributed by atoms with E-state index in [2.05, 4.69) is 55.4 Å². The van der Waals surface area contributed by atoms with Crippen molar-refractivity contribution in [3.05, 3.63) is 0 Å². The molecule has 0 aliphatic heterocycles. The minimum atomic E-state index is -4.96. The maximum Gasteiger partial charge on any atom is 0.472 e. The van der Waals surface area contributed by atoms with Gasteiger partial charge in [0.25, 0.3) is 0 Å². The van der Waals surface area contributed by atoms with Crippen molar-refractivity contribution in [2.75, 3.05) is 39.6 Å². The average Bonchev–Trinajstić information content (AvgIpc) is 1.99. The van der Waals surface area contributed by atoms with E-state index in [-0.39, 0.29) is 25.7 Å². The predicted molar refractivity (Wildman–Crippen MR) is 377 cm³/mol. The standard InChI is InChI=1S/C74H144O17P2/c1-9-67(8)53-45-37-32-33-39-47-55-72(77)85-61-70(91-74(79)57-49-41-31-25-24-28-36-44-52-66(6)7)63-89-93(82,83)87-59-68(75)58-86-92(80,81)88-62-69(60-84-71(76)54-46-38-29-22-18-15-14-17-21-27-35-43-51-65(4)5)90-73(78)56-48-40-30-23-19-13-11-10-12-16-20-26-34-42-50-64(2)3/h64-70,75H,9-63H2,1-8H3,(H,80,81)(H,82,83)/t67?,68-,69-,70-/m1/s1. The Morgan fingerprint density at radius 3 is 0.763 bits per heavy atom. The molecule has 93 heavy (non-hydrogen) atoms. The first-order valence-corrected chi connectivity index (χ1v) is 41.2.